The summed E-state index contributed by atoms with van der Waals surface area (Å²) >= 11 is 0. The Morgan fingerprint density at radius 3 is 2.19 bits per heavy atom. The quantitative estimate of drug-likeness (QED) is 0.765. The van der Waals surface area contributed by atoms with E-state index < -0.39 is 30.3 Å². The van der Waals surface area contributed by atoms with Gasteiger partial charge in [-0.2, -0.15) is 0 Å². The van der Waals surface area contributed by atoms with Gasteiger partial charge in [0.25, 0.3) is 5.91 Å². The van der Waals surface area contributed by atoms with E-state index in [2.05, 4.69) is 5.32 Å². The molecule has 114 valence electrons. The zero-order chi connectivity index (χ0) is 16.2. The predicted octanol–water partition coefficient (Wildman–Crippen LogP) is 1.64. The van der Waals surface area contributed by atoms with E-state index in [0.717, 1.165) is 5.56 Å². The largest absolute Gasteiger partial charge is 0.481 e. The summed E-state index contributed by atoms with van der Waals surface area (Å²) in [5.41, 5.74) is 0.822. The molecule has 21 heavy (non-hydrogen) atoms. The third-order valence-corrected chi connectivity index (χ3v) is 2.96. The first-order valence-corrected chi connectivity index (χ1v) is 6.48. The van der Waals surface area contributed by atoms with Crippen LogP contribution in [0.1, 0.15) is 43.1 Å². The van der Waals surface area contributed by atoms with Gasteiger partial charge in [0.1, 0.15) is 6.04 Å². The molecule has 0 aliphatic rings. The lowest BCUT2D eigenvalue weighted by Gasteiger charge is -2.23. The number of carboxylic acids is 2. The Labute approximate surface area is 122 Å². The molecule has 6 nitrogen and oxygen atoms in total. The molecule has 1 rings (SSSR count). The summed E-state index contributed by atoms with van der Waals surface area (Å²) in [4.78, 5) is 33.9. The Bertz CT molecular complexity index is 559. The number of carbonyl (C=O) groups is 3. The van der Waals surface area contributed by atoms with Gasteiger partial charge in [-0.25, -0.2) is 4.79 Å². The normalized spacial score (nSPS) is 12.5. The molecule has 0 radical (unpaired) electrons. The molecule has 1 aromatic rings. The third-order valence-electron chi connectivity index (χ3n) is 2.96. The third kappa shape index (κ3) is 4.59. The SMILES string of the molecule is CC(C)(C)c1ccccc1C(=O)N[C@H](CC(=O)O)C(=O)O. The van der Waals surface area contributed by atoms with Crippen LogP contribution in [0.4, 0.5) is 0 Å². The van der Waals surface area contributed by atoms with Crippen LogP contribution in [0.25, 0.3) is 0 Å². The fourth-order valence-electron chi connectivity index (χ4n) is 1.95. The number of nitrogens with one attached hydrogen (secondary N) is 1. The minimum Gasteiger partial charge on any atom is -0.481 e. The molecule has 1 amide bonds. The molecule has 1 atom stereocenters. The van der Waals surface area contributed by atoms with E-state index in [1.54, 1.807) is 24.3 Å². The van der Waals surface area contributed by atoms with Crippen molar-refractivity contribution in [3.63, 3.8) is 0 Å². The van der Waals surface area contributed by atoms with Gasteiger partial charge < -0.3 is 15.5 Å². The van der Waals surface area contributed by atoms with Gasteiger partial charge in [0.2, 0.25) is 0 Å². The standard InChI is InChI=1S/C15H19NO5/c1-15(2,3)10-7-5-4-6-9(10)13(19)16-11(14(20)21)8-12(17)18/h4-7,11H,8H2,1-3H3,(H,16,19)(H,17,18)(H,20,21)/t11-/m1/s1. The molecule has 0 saturated heterocycles. The van der Waals surface area contributed by atoms with Gasteiger partial charge in [-0.05, 0) is 17.0 Å². The number of hydrogen-bond acceptors (Lipinski definition) is 3. The van der Waals surface area contributed by atoms with Crippen LogP contribution in [0.3, 0.4) is 0 Å². The van der Waals surface area contributed by atoms with Crippen LogP contribution >= 0.6 is 0 Å². The van der Waals surface area contributed by atoms with Crippen molar-refractivity contribution < 1.29 is 24.6 Å². The Balaban J connectivity index is 3.04. The number of rotatable bonds is 5. The van der Waals surface area contributed by atoms with E-state index >= 15 is 0 Å². The van der Waals surface area contributed by atoms with Crippen LogP contribution in [0.5, 0.6) is 0 Å². The van der Waals surface area contributed by atoms with E-state index in [9.17, 15) is 14.4 Å². The lowest BCUT2D eigenvalue weighted by atomic mass is 9.83. The highest BCUT2D eigenvalue weighted by Gasteiger charge is 2.26. The Hall–Kier alpha value is -2.37. The summed E-state index contributed by atoms with van der Waals surface area (Å²) in [5.74, 6) is -3.25. The average molecular weight is 293 g/mol. The first-order valence-electron chi connectivity index (χ1n) is 6.48. The molecular formula is C15H19NO5. The highest BCUT2D eigenvalue weighted by atomic mass is 16.4. The molecule has 0 heterocycles. The second-order valence-corrected chi connectivity index (χ2v) is 5.76. The molecule has 0 aromatic heterocycles. The second kappa shape index (κ2) is 6.39. The summed E-state index contributed by atoms with van der Waals surface area (Å²) in [6.45, 7) is 5.81. The number of carbonyl (C=O) groups excluding carboxylic acids is 1. The maximum absolute atomic E-state index is 12.2. The number of hydrogen-bond donors (Lipinski definition) is 3. The molecule has 0 aliphatic carbocycles. The number of aliphatic carboxylic acids is 2. The van der Waals surface area contributed by atoms with Gasteiger partial charge in [0, 0.05) is 5.56 Å². The minimum atomic E-state index is -1.46. The van der Waals surface area contributed by atoms with Crippen LogP contribution in [0, 0.1) is 0 Å². The van der Waals surface area contributed by atoms with Crippen molar-refractivity contribution in [3.05, 3.63) is 35.4 Å². The lowest BCUT2D eigenvalue weighted by Crippen LogP contribution is -2.42. The van der Waals surface area contributed by atoms with Crippen molar-refractivity contribution in [2.45, 2.75) is 38.6 Å². The first-order chi connectivity index (χ1) is 9.62. The second-order valence-electron chi connectivity index (χ2n) is 5.76. The molecule has 6 heteroatoms. The number of amides is 1. The molecule has 0 saturated carbocycles. The van der Waals surface area contributed by atoms with Gasteiger partial charge in [0.05, 0.1) is 6.42 Å². The molecule has 0 fully saturated rings. The summed E-state index contributed by atoms with van der Waals surface area (Å²) in [6, 6.07) is 5.40. The topological polar surface area (TPSA) is 104 Å². The zero-order valence-electron chi connectivity index (χ0n) is 12.2. The van der Waals surface area contributed by atoms with Crippen LogP contribution in [0.15, 0.2) is 24.3 Å². The van der Waals surface area contributed by atoms with Crippen molar-refractivity contribution in [1.82, 2.24) is 5.32 Å². The van der Waals surface area contributed by atoms with Crippen molar-refractivity contribution in [1.29, 1.82) is 0 Å². The van der Waals surface area contributed by atoms with Crippen molar-refractivity contribution in [2.75, 3.05) is 0 Å². The highest BCUT2D eigenvalue weighted by molar-refractivity contribution is 5.98. The minimum absolute atomic E-state index is 0.292. The van der Waals surface area contributed by atoms with Crippen LogP contribution in [-0.2, 0) is 15.0 Å². The van der Waals surface area contributed by atoms with E-state index in [4.69, 9.17) is 10.2 Å². The zero-order valence-corrected chi connectivity index (χ0v) is 12.2. The fourth-order valence-corrected chi connectivity index (χ4v) is 1.95. The summed E-state index contributed by atoms with van der Waals surface area (Å²) in [7, 11) is 0. The molecule has 0 aliphatic heterocycles. The van der Waals surface area contributed by atoms with Gasteiger partial charge in [-0.15, -0.1) is 0 Å². The molecular weight excluding hydrogens is 274 g/mol. The van der Waals surface area contributed by atoms with E-state index in [1.165, 1.54) is 0 Å². The van der Waals surface area contributed by atoms with Crippen molar-refractivity contribution in [3.8, 4) is 0 Å². The highest BCUT2D eigenvalue weighted by Crippen LogP contribution is 2.25. The summed E-state index contributed by atoms with van der Waals surface area (Å²) < 4.78 is 0. The van der Waals surface area contributed by atoms with Crippen LogP contribution in [0.2, 0.25) is 0 Å². The van der Waals surface area contributed by atoms with E-state index in [1.807, 2.05) is 20.8 Å². The average Bonchev–Trinajstić information content (AvgIpc) is 2.36. The smallest absolute Gasteiger partial charge is 0.326 e. The Morgan fingerprint density at radius 1 is 1.14 bits per heavy atom. The van der Waals surface area contributed by atoms with Gasteiger partial charge >= 0.3 is 11.9 Å². The van der Waals surface area contributed by atoms with Crippen LogP contribution in [-0.4, -0.2) is 34.1 Å². The molecule has 0 unspecified atom stereocenters. The maximum atomic E-state index is 12.2. The maximum Gasteiger partial charge on any atom is 0.326 e. The fraction of sp³-hybridized carbons (Fsp3) is 0.400. The summed E-state index contributed by atoms with van der Waals surface area (Å²) in [5, 5.41) is 19.9. The van der Waals surface area contributed by atoms with Gasteiger partial charge in [-0.3, -0.25) is 9.59 Å². The molecule has 1 aromatic carbocycles. The van der Waals surface area contributed by atoms with E-state index in [-0.39, 0.29) is 5.41 Å². The molecule has 3 N–H and O–H groups in total. The predicted molar refractivity (Wildman–Crippen MR) is 76.3 cm³/mol. The van der Waals surface area contributed by atoms with Gasteiger partial charge in [0.15, 0.2) is 0 Å². The lowest BCUT2D eigenvalue weighted by molar-refractivity contribution is -0.145. The molecule has 0 bridgehead atoms. The Morgan fingerprint density at radius 2 is 1.71 bits per heavy atom. The summed E-state index contributed by atoms with van der Waals surface area (Å²) in [6.07, 6.45) is -0.668. The van der Waals surface area contributed by atoms with Crippen molar-refractivity contribution in [2.24, 2.45) is 0 Å². The van der Waals surface area contributed by atoms with Crippen molar-refractivity contribution >= 4 is 17.8 Å². The van der Waals surface area contributed by atoms with Crippen LogP contribution < -0.4 is 5.32 Å². The number of carboxylic acid groups (broad SMARTS) is 2. The van der Waals surface area contributed by atoms with E-state index in [0.29, 0.717) is 5.56 Å². The first kappa shape index (κ1) is 16.7. The molecule has 0 spiro atoms. The van der Waals surface area contributed by atoms with Gasteiger partial charge in [-0.1, -0.05) is 39.0 Å². The Kier molecular flexibility index (Phi) is 5.07. The monoisotopic (exact) mass is 293 g/mol. The number of benzene rings is 1.